The van der Waals surface area contributed by atoms with E-state index < -0.39 is 0 Å². The fraction of sp³-hybridized carbons (Fsp3) is 0.400. The highest BCUT2D eigenvalue weighted by molar-refractivity contribution is 5.97. The van der Waals surface area contributed by atoms with E-state index in [4.69, 9.17) is 4.74 Å². The van der Waals surface area contributed by atoms with Gasteiger partial charge in [0.2, 0.25) is 5.91 Å². The van der Waals surface area contributed by atoms with Crippen LogP contribution < -0.4 is 10.1 Å². The van der Waals surface area contributed by atoms with Crippen LogP contribution in [0.5, 0.6) is 5.75 Å². The number of amides is 3. The molecule has 3 aromatic rings. The fourth-order valence-corrected chi connectivity index (χ4v) is 6.32. The number of carbonyl (C=O) groups excluding carboxylic acids is 3. The first-order valence-electron chi connectivity index (χ1n) is 15.2. The highest BCUT2D eigenvalue weighted by Crippen LogP contribution is 2.28. The summed E-state index contributed by atoms with van der Waals surface area (Å²) >= 11 is 0. The second kappa shape index (κ2) is 13.8. The van der Waals surface area contributed by atoms with Gasteiger partial charge in [-0.05, 0) is 87.4 Å². The van der Waals surface area contributed by atoms with Crippen molar-refractivity contribution in [3.63, 3.8) is 0 Å². The normalized spacial score (nSPS) is 19.0. The van der Waals surface area contributed by atoms with E-state index in [1.807, 2.05) is 42.2 Å². The minimum Gasteiger partial charge on any atom is -0.496 e. The minimum absolute atomic E-state index is 0.0236. The standard InChI is InChI=1S/C35H40FN3O4/c1-24-6-5-7-25(22-24)23-39(34(41)27-10-12-28(36)13-11-27)30-16-14-29(15-17-30)37-33(40)26-18-20-38(21-19-26)35(42)31-8-3-4-9-32(31)43-2/h3-13,22,26,29-30H,14-21,23H2,1-2H3,(H,37,40). The van der Waals surface area contributed by atoms with E-state index in [0.717, 1.165) is 36.8 Å². The SMILES string of the molecule is COc1ccccc1C(=O)N1CCC(C(=O)NC2CCC(N(Cc3cccc(C)c3)C(=O)c3ccc(F)cc3)CC2)CC1. The quantitative estimate of drug-likeness (QED) is 0.364. The van der Waals surface area contributed by atoms with Crippen LogP contribution in [-0.4, -0.2) is 59.8 Å². The molecule has 43 heavy (non-hydrogen) atoms. The molecule has 0 atom stereocenters. The first-order valence-corrected chi connectivity index (χ1v) is 15.2. The second-order valence-electron chi connectivity index (χ2n) is 11.7. The van der Waals surface area contributed by atoms with Crippen LogP contribution >= 0.6 is 0 Å². The number of hydrogen-bond acceptors (Lipinski definition) is 4. The number of carbonyl (C=O) groups is 3. The van der Waals surface area contributed by atoms with Crippen molar-refractivity contribution in [3.8, 4) is 5.75 Å². The molecular weight excluding hydrogens is 545 g/mol. The number of piperidine rings is 1. The summed E-state index contributed by atoms with van der Waals surface area (Å²) in [5.74, 6) is -0.0702. The van der Waals surface area contributed by atoms with Gasteiger partial charge in [-0.15, -0.1) is 0 Å². The molecule has 1 heterocycles. The lowest BCUT2D eigenvalue weighted by Crippen LogP contribution is -2.48. The largest absolute Gasteiger partial charge is 0.496 e. The number of ether oxygens (including phenoxy) is 1. The van der Waals surface area contributed by atoms with Crippen molar-refractivity contribution in [1.82, 2.24) is 15.1 Å². The molecule has 226 valence electrons. The smallest absolute Gasteiger partial charge is 0.257 e. The molecule has 1 saturated carbocycles. The molecule has 1 aliphatic carbocycles. The van der Waals surface area contributed by atoms with Crippen molar-refractivity contribution >= 4 is 17.7 Å². The molecule has 1 N–H and O–H groups in total. The van der Waals surface area contributed by atoms with E-state index in [0.29, 0.717) is 49.4 Å². The maximum atomic E-state index is 13.6. The van der Waals surface area contributed by atoms with Gasteiger partial charge in [0.25, 0.3) is 11.8 Å². The molecule has 3 amide bonds. The van der Waals surface area contributed by atoms with Gasteiger partial charge in [0, 0.05) is 43.2 Å². The van der Waals surface area contributed by atoms with Gasteiger partial charge in [-0.1, -0.05) is 42.0 Å². The van der Waals surface area contributed by atoms with Gasteiger partial charge < -0.3 is 19.9 Å². The third-order valence-corrected chi connectivity index (χ3v) is 8.76. The molecule has 1 aliphatic heterocycles. The molecule has 7 nitrogen and oxygen atoms in total. The van der Waals surface area contributed by atoms with Gasteiger partial charge >= 0.3 is 0 Å². The zero-order valence-electron chi connectivity index (χ0n) is 24.9. The molecular formula is C35H40FN3O4. The van der Waals surface area contributed by atoms with Crippen LogP contribution in [0.4, 0.5) is 4.39 Å². The lowest BCUT2D eigenvalue weighted by atomic mass is 9.88. The van der Waals surface area contributed by atoms with E-state index in [1.165, 1.54) is 12.1 Å². The first-order chi connectivity index (χ1) is 20.8. The molecule has 0 unspecified atom stereocenters. The fourth-order valence-electron chi connectivity index (χ4n) is 6.32. The Hall–Kier alpha value is -4.20. The van der Waals surface area contributed by atoms with Crippen LogP contribution in [0.2, 0.25) is 0 Å². The first kappa shape index (κ1) is 30.3. The molecule has 2 aliphatic rings. The van der Waals surface area contributed by atoms with Crippen LogP contribution in [0.25, 0.3) is 0 Å². The summed E-state index contributed by atoms with van der Waals surface area (Å²) in [6.07, 6.45) is 4.35. The molecule has 0 radical (unpaired) electrons. The lowest BCUT2D eigenvalue weighted by molar-refractivity contribution is -0.127. The zero-order chi connectivity index (χ0) is 30.3. The lowest BCUT2D eigenvalue weighted by Gasteiger charge is -2.38. The highest BCUT2D eigenvalue weighted by Gasteiger charge is 2.33. The Balaban J connectivity index is 1.15. The Kier molecular flexibility index (Phi) is 9.75. The molecule has 0 spiro atoms. The molecule has 1 saturated heterocycles. The third kappa shape index (κ3) is 7.42. The van der Waals surface area contributed by atoms with Crippen molar-refractivity contribution in [2.45, 2.75) is 64.1 Å². The Morgan fingerprint density at radius 1 is 0.907 bits per heavy atom. The summed E-state index contributed by atoms with van der Waals surface area (Å²) in [5, 5.41) is 3.26. The molecule has 3 aromatic carbocycles. The van der Waals surface area contributed by atoms with E-state index >= 15 is 0 Å². The number of hydrogen-bond donors (Lipinski definition) is 1. The molecule has 0 bridgehead atoms. The molecule has 8 heteroatoms. The van der Waals surface area contributed by atoms with Crippen molar-refractivity contribution in [3.05, 3.63) is 101 Å². The average Bonchev–Trinajstić information content (AvgIpc) is 3.04. The number of nitrogens with one attached hydrogen (secondary N) is 1. The number of rotatable bonds is 8. The van der Waals surface area contributed by atoms with Gasteiger partial charge in [0.1, 0.15) is 11.6 Å². The molecule has 0 aromatic heterocycles. The van der Waals surface area contributed by atoms with Gasteiger partial charge in [0.15, 0.2) is 0 Å². The van der Waals surface area contributed by atoms with Crippen LogP contribution in [-0.2, 0) is 11.3 Å². The summed E-state index contributed by atoms with van der Waals surface area (Å²) in [5.41, 5.74) is 3.20. The number of methoxy groups -OCH3 is 1. The van der Waals surface area contributed by atoms with Crippen LogP contribution in [0.3, 0.4) is 0 Å². The maximum absolute atomic E-state index is 13.6. The van der Waals surface area contributed by atoms with Gasteiger partial charge in [-0.25, -0.2) is 4.39 Å². The molecule has 5 rings (SSSR count). The van der Waals surface area contributed by atoms with Crippen LogP contribution in [0.15, 0.2) is 72.8 Å². The number of aryl methyl sites for hydroxylation is 1. The van der Waals surface area contributed by atoms with Gasteiger partial charge in [0.05, 0.1) is 12.7 Å². The number of nitrogens with zero attached hydrogens (tertiary/aromatic N) is 2. The van der Waals surface area contributed by atoms with E-state index in [9.17, 15) is 18.8 Å². The second-order valence-corrected chi connectivity index (χ2v) is 11.7. The van der Waals surface area contributed by atoms with Crippen molar-refractivity contribution in [2.24, 2.45) is 5.92 Å². The topological polar surface area (TPSA) is 79.0 Å². The van der Waals surface area contributed by atoms with Gasteiger partial charge in [-0.2, -0.15) is 0 Å². The monoisotopic (exact) mass is 585 g/mol. The van der Waals surface area contributed by atoms with Crippen LogP contribution in [0.1, 0.15) is 70.4 Å². The predicted octanol–water partition coefficient (Wildman–Crippen LogP) is 5.76. The Labute approximate surface area is 253 Å². The summed E-state index contributed by atoms with van der Waals surface area (Å²) < 4.78 is 18.9. The van der Waals surface area contributed by atoms with Crippen molar-refractivity contribution < 1.29 is 23.5 Å². The highest BCUT2D eigenvalue weighted by atomic mass is 19.1. The number of halogens is 1. The Morgan fingerprint density at radius 3 is 2.28 bits per heavy atom. The number of benzene rings is 3. The summed E-state index contributed by atoms with van der Waals surface area (Å²) in [6.45, 7) is 3.57. The van der Waals surface area contributed by atoms with Gasteiger partial charge in [-0.3, -0.25) is 14.4 Å². The number of likely N-dealkylation sites (tertiary alicyclic amines) is 1. The summed E-state index contributed by atoms with van der Waals surface area (Å²) in [6, 6.07) is 21.2. The van der Waals surface area contributed by atoms with E-state index in [2.05, 4.69) is 11.4 Å². The summed E-state index contributed by atoms with van der Waals surface area (Å²) in [7, 11) is 1.56. The van der Waals surface area contributed by atoms with Crippen molar-refractivity contribution in [2.75, 3.05) is 20.2 Å². The molecule has 2 fully saturated rings. The van der Waals surface area contributed by atoms with Crippen molar-refractivity contribution in [1.29, 1.82) is 0 Å². The van der Waals surface area contributed by atoms with E-state index in [1.54, 1.807) is 36.3 Å². The zero-order valence-corrected chi connectivity index (χ0v) is 24.9. The summed E-state index contributed by atoms with van der Waals surface area (Å²) in [4.78, 5) is 43.6. The predicted molar refractivity (Wildman–Crippen MR) is 163 cm³/mol. The van der Waals surface area contributed by atoms with E-state index in [-0.39, 0.29) is 41.5 Å². The Morgan fingerprint density at radius 2 is 1.60 bits per heavy atom. The minimum atomic E-state index is -0.369. The van der Waals surface area contributed by atoms with Crippen LogP contribution in [0, 0.1) is 18.7 Å². The number of para-hydroxylation sites is 1. The Bertz CT molecular complexity index is 1430. The average molecular weight is 586 g/mol. The maximum Gasteiger partial charge on any atom is 0.257 e. The third-order valence-electron chi connectivity index (χ3n) is 8.76.